The van der Waals surface area contributed by atoms with Crippen LogP contribution < -0.4 is 5.56 Å². The molecular formula is C18H15N5O3S. The summed E-state index contributed by atoms with van der Waals surface area (Å²) in [7, 11) is 0. The molecule has 9 heteroatoms. The van der Waals surface area contributed by atoms with Gasteiger partial charge >= 0.3 is 5.97 Å². The fraction of sp³-hybridized carbons (Fsp3) is 0.222. The lowest BCUT2D eigenvalue weighted by atomic mass is 10.1. The minimum Gasteiger partial charge on any atom is -0.462 e. The number of pyridine rings is 1. The topological polar surface area (TPSA) is 111 Å². The Kier molecular flexibility index (Phi) is 5.47. The fourth-order valence-electron chi connectivity index (χ4n) is 2.42. The van der Waals surface area contributed by atoms with Gasteiger partial charge in [0.15, 0.2) is 0 Å². The van der Waals surface area contributed by atoms with Crippen LogP contribution in [0, 0.1) is 18.3 Å². The van der Waals surface area contributed by atoms with Gasteiger partial charge in [0.25, 0.3) is 5.56 Å². The van der Waals surface area contributed by atoms with E-state index in [4.69, 9.17) is 4.74 Å². The lowest BCUT2D eigenvalue weighted by Gasteiger charge is -2.09. The van der Waals surface area contributed by atoms with Gasteiger partial charge in [-0.05, 0) is 32.0 Å². The molecule has 0 radical (unpaired) electrons. The molecule has 2 aromatic heterocycles. The molecule has 3 aromatic rings. The summed E-state index contributed by atoms with van der Waals surface area (Å²) in [5, 5.41) is 18.2. The first kappa shape index (κ1) is 18.5. The maximum atomic E-state index is 12.5. The smallest absolute Gasteiger partial charge is 0.340 e. The van der Waals surface area contributed by atoms with Gasteiger partial charge in [0.05, 0.1) is 34.7 Å². The van der Waals surface area contributed by atoms with Crippen LogP contribution in [0.4, 0.5) is 0 Å². The molecule has 0 saturated carbocycles. The zero-order valence-corrected chi connectivity index (χ0v) is 15.5. The molecule has 8 nitrogen and oxygen atoms in total. The monoisotopic (exact) mass is 381 g/mol. The van der Waals surface area contributed by atoms with E-state index in [1.54, 1.807) is 38.1 Å². The number of benzene rings is 1. The molecule has 2 heterocycles. The van der Waals surface area contributed by atoms with Crippen LogP contribution in [-0.2, 0) is 10.6 Å². The van der Waals surface area contributed by atoms with E-state index in [1.165, 1.54) is 22.5 Å². The molecule has 0 aliphatic carbocycles. The minimum absolute atomic E-state index is 0.135. The molecule has 0 spiro atoms. The molecule has 0 amide bonds. The van der Waals surface area contributed by atoms with E-state index in [0.29, 0.717) is 21.6 Å². The van der Waals surface area contributed by atoms with Crippen LogP contribution in [0.5, 0.6) is 0 Å². The van der Waals surface area contributed by atoms with Crippen LogP contribution in [0.3, 0.4) is 0 Å². The van der Waals surface area contributed by atoms with Crippen molar-refractivity contribution in [2.24, 2.45) is 0 Å². The first-order chi connectivity index (χ1) is 13.0. The normalized spacial score (nSPS) is 10.6. The van der Waals surface area contributed by atoms with Gasteiger partial charge in [0, 0.05) is 0 Å². The Morgan fingerprint density at radius 1 is 1.37 bits per heavy atom. The minimum atomic E-state index is -0.521. The summed E-state index contributed by atoms with van der Waals surface area (Å²) in [4.78, 5) is 28.8. The second-order valence-corrected chi connectivity index (χ2v) is 6.42. The molecule has 0 aliphatic rings. The molecule has 1 aromatic carbocycles. The van der Waals surface area contributed by atoms with Gasteiger partial charge in [-0.3, -0.25) is 4.79 Å². The Morgan fingerprint density at radius 2 is 2.15 bits per heavy atom. The van der Waals surface area contributed by atoms with E-state index in [2.05, 4.69) is 15.3 Å². The van der Waals surface area contributed by atoms with Crippen molar-refractivity contribution in [1.29, 1.82) is 5.26 Å². The summed E-state index contributed by atoms with van der Waals surface area (Å²) < 4.78 is 6.19. The predicted molar refractivity (Wildman–Crippen MR) is 99.3 cm³/mol. The van der Waals surface area contributed by atoms with Crippen molar-refractivity contribution in [2.75, 3.05) is 6.61 Å². The van der Waals surface area contributed by atoms with Crippen molar-refractivity contribution in [3.05, 3.63) is 57.5 Å². The van der Waals surface area contributed by atoms with Crippen LogP contribution in [0.2, 0.25) is 0 Å². The summed E-state index contributed by atoms with van der Waals surface area (Å²) in [5.74, 6) is -0.386. The van der Waals surface area contributed by atoms with Gasteiger partial charge in [-0.25, -0.2) is 9.78 Å². The molecule has 27 heavy (non-hydrogen) atoms. The predicted octanol–water partition coefficient (Wildman–Crippen LogP) is 2.29. The highest BCUT2D eigenvalue weighted by molar-refractivity contribution is 7.98. The molecule has 0 N–H and O–H groups in total. The van der Waals surface area contributed by atoms with Crippen LogP contribution in [0.15, 0.2) is 40.2 Å². The Labute approximate surface area is 158 Å². The average molecular weight is 381 g/mol. The highest BCUT2D eigenvalue weighted by atomic mass is 32.2. The van der Waals surface area contributed by atoms with Crippen LogP contribution in [0.1, 0.15) is 28.5 Å². The molecule has 0 unspecified atom stereocenters. The maximum absolute atomic E-state index is 12.5. The molecule has 0 fully saturated rings. The van der Waals surface area contributed by atoms with Crippen molar-refractivity contribution >= 4 is 28.6 Å². The number of thioether (sulfide) groups is 1. The molecule has 0 saturated heterocycles. The van der Waals surface area contributed by atoms with E-state index in [-0.39, 0.29) is 29.2 Å². The standard InChI is InChI=1S/C18H15N5O3S/c1-3-26-18(25)14-8-12(9-19)16(20-11(14)2)27-10-23-17(24)13-6-4-5-7-15(13)21-22-23/h4-8H,3,10H2,1-2H3. The van der Waals surface area contributed by atoms with Crippen LogP contribution in [-0.4, -0.2) is 32.6 Å². The van der Waals surface area contributed by atoms with Crippen molar-refractivity contribution in [3.63, 3.8) is 0 Å². The number of nitrogens with zero attached hydrogens (tertiary/aromatic N) is 5. The molecule has 0 aliphatic heterocycles. The summed E-state index contributed by atoms with van der Waals surface area (Å²) in [6.45, 7) is 3.61. The number of rotatable bonds is 5. The Hall–Kier alpha value is -3.25. The Balaban J connectivity index is 1.89. The van der Waals surface area contributed by atoms with E-state index < -0.39 is 5.97 Å². The molecule has 3 rings (SSSR count). The quantitative estimate of drug-likeness (QED) is 0.489. The summed E-state index contributed by atoms with van der Waals surface area (Å²) >= 11 is 1.17. The number of carbonyl (C=O) groups excluding carboxylic acids is 1. The van der Waals surface area contributed by atoms with Crippen molar-refractivity contribution < 1.29 is 9.53 Å². The number of nitriles is 1. The number of ether oxygens (including phenoxy) is 1. The number of carbonyl (C=O) groups is 1. The first-order valence-electron chi connectivity index (χ1n) is 8.09. The average Bonchev–Trinajstić information content (AvgIpc) is 2.68. The van der Waals surface area contributed by atoms with Crippen LogP contribution in [0.25, 0.3) is 10.9 Å². The number of aryl methyl sites for hydroxylation is 1. The van der Waals surface area contributed by atoms with Gasteiger partial charge in [-0.2, -0.15) is 9.94 Å². The fourth-order valence-corrected chi connectivity index (χ4v) is 3.29. The highest BCUT2D eigenvalue weighted by Gasteiger charge is 2.17. The highest BCUT2D eigenvalue weighted by Crippen LogP contribution is 2.24. The molecule has 0 bridgehead atoms. The number of esters is 1. The van der Waals surface area contributed by atoms with Crippen LogP contribution >= 0.6 is 11.8 Å². The SMILES string of the molecule is CCOC(=O)c1cc(C#N)c(SCn2nnc3ccccc3c2=O)nc1C. The molecular weight excluding hydrogens is 366 g/mol. The third-order valence-electron chi connectivity index (χ3n) is 3.75. The molecule has 136 valence electrons. The van der Waals surface area contributed by atoms with E-state index in [0.717, 1.165) is 0 Å². The van der Waals surface area contributed by atoms with Crippen molar-refractivity contribution in [2.45, 2.75) is 24.8 Å². The van der Waals surface area contributed by atoms with Gasteiger partial charge < -0.3 is 4.74 Å². The van der Waals surface area contributed by atoms with E-state index >= 15 is 0 Å². The Morgan fingerprint density at radius 3 is 2.89 bits per heavy atom. The number of fused-ring (bicyclic) bond motifs is 1. The van der Waals surface area contributed by atoms with Gasteiger partial charge in [0.2, 0.25) is 0 Å². The zero-order chi connectivity index (χ0) is 19.4. The maximum Gasteiger partial charge on any atom is 0.340 e. The summed E-state index contributed by atoms with van der Waals surface area (Å²) in [6.07, 6.45) is 0. The second-order valence-electron chi connectivity index (χ2n) is 5.49. The number of hydrogen-bond donors (Lipinski definition) is 0. The van der Waals surface area contributed by atoms with Crippen molar-refractivity contribution in [1.82, 2.24) is 20.0 Å². The summed E-state index contributed by atoms with van der Waals surface area (Å²) in [6, 6.07) is 10.4. The van der Waals surface area contributed by atoms with Gasteiger partial charge in [-0.15, -0.1) is 5.10 Å². The third-order valence-corrected chi connectivity index (χ3v) is 4.71. The lowest BCUT2D eigenvalue weighted by molar-refractivity contribution is 0.0524. The van der Waals surface area contributed by atoms with Crippen molar-refractivity contribution in [3.8, 4) is 6.07 Å². The summed E-state index contributed by atoms with van der Waals surface area (Å²) in [5.41, 5.74) is 1.18. The van der Waals surface area contributed by atoms with E-state index in [1.807, 2.05) is 6.07 Å². The first-order valence-corrected chi connectivity index (χ1v) is 9.08. The Bertz CT molecular complexity index is 1120. The third kappa shape index (κ3) is 3.80. The van der Waals surface area contributed by atoms with Gasteiger partial charge in [-0.1, -0.05) is 29.1 Å². The number of aromatic nitrogens is 4. The lowest BCUT2D eigenvalue weighted by Crippen LogP contribution is -2.23. The van der Waals surface area contributed by atoms with E-state index in [9.17, 15) is 14.9 Å². The second kappa shape index (κ2) is 7.97. The molecule has 0 atom stereocenters. The largest absolute Gasteiger partial charge is 0.462 e. The van der Waals surface area contributed by atoms with Gasteiger partial charge in [0.1, 0.15) is 16.6 Å². The zero-order valence-electron chi connectivity index (χ0n) is 14.7. The number of hydrogen-bond acceptors (Lipinski definition) is 8.